The number of hydrogen-bond acceptors (Lipinski definition) is 7. The van der Waals surface area contributed by atoms with E-state index in [1.54, 1.807) is 29.2 Å². The van der Waals surface area contributed by atoms with Gasteiger partial charge in [-0.2, -0.15) is 0 Å². The number of aromatic nitrogens is 1. The van der Waals surface area contributed by atoms with E-state index in [1.165, 1.54) is 12.1 Å². The predicted octanol–water partition coefficient (Wildman–Crippen LogP) is 4.46. The smallest absolute Gasteiger partial charge is 0.271 e. The average Bonchev–Trinajstić information content (AvgIpc) is 3.03. The van der Waals surface area contributed by atoms with Gasteiger partial charge in [0.15, 0.2) is 5.17 Å². The number of fused-ring (bicyclic) bond motifs is 1. The van der Waals surface area contributed by atoms with E-state index in [2.05, 4.69) is 35.1 Å². The molecule has 0 radical (unpaired) electrons. The molecule has 1 aliphatic heterocycles. The van der Waals surface area contributed by atoms with E-state index in [0.717, 1.165) is 33.0 Å². The Morgan fingerprint density at radius 3 is 2.93 bits per heavy atom. The number of nitrogens with two attached hydrogens (primary N) is 1. The van der Waals surface area contributed by atoms with Gasteiger partial charge in [0.05, 0.1) is 25.7 Å². The van der Waals surface area contributed by atoms with E-state index in [4.69, 9.17) is 5.73 Å². The molecular formula is C19H18N4O2S2. The van der Waals surface area contributed by atoms with Gasteiger partial charge in [-0.25, -0.2) is 4.98 Å². The summed E-state index contributed by atoms with van der Waals surface area (Å²) in [6, 6.07) is 13.2. The van der Waals surface area contributed by atoms with Crippen LogP contribution in [0.4, 0.5) is 5.69 Å². The van der Waals surface area contributed by atoms with Crippen molar-refractivity contribution in [2.24, 2.45) is 10.7 Å². The van der Waals surface area contributed by atoms with E-state index in [-0.39, 0.29) is 11.2 Å². The van der Waals surface area contributed by atoms with Gasteiger partial charge in [0.1, 0.15) is 0 Å². The van der Waals surface area contributed by atoms with Crippen LogP contribution >= 0.6 is 23.1 Å². The highest BCUT2D eigenvalue weighted by Crippen LogP contribution is 2.35. The van der Waals surface area contributed by atoms with Crippen LogP contribution in [-0.2, 0) is 12.0 Å². The number of nitrogens with zero attached hydrogens (tertiary/aromatic N) is 3. The quantitative estimate of drug-likeness (QED) is 0.517. The van der Waals surface area contributed by atoms with Crippen molar-refractivity contribution in [2.75, 3.05) is 5.75 Å². The molecule has 138 valence electrons. The normalized spacial score (nSPS) is 19.8. The molecule has 2 aromatic carbocycles. The lowest BCUT2D eigenvalue weighted by Crippen LogP contribution is -2.28. The van der Waals surface area contributed by atoms with Gasteiger partial charge in [0.25, 0.3) is 5.69 Å². The first-order valence-electron chi connectivity index (χ1n) is 8.54. The largest absolute Gasteiger partial charge is 0.379 e. The molecule has 0 saturated heterocycles. The van der Waals surface area contributed by atoms with Crippen LogP contribution in [0, 0.1) is 10.1 Å². The minimum absolute atomic E-state index is 0.0693. The summed E-state index contributed by atoms with van der Waals surface area (Å²) in [6.45, 7) is 2.12. The van der Waals surface area contributed by atoms with E-state index < -0.39 is 4.92 Å². The van der Waals surface area contributed by atoms with E-state index >= 15 is 0 Å². The van der Waals surface area contributed by atoms with Crippen LogP contribution in [0.15, 0.2) is 47.5 Å². The van der Waals surface area contributed by atoms with Gasteiger partial charge >= 0.3 is 0 Å². The second-order valence-electron chi connectivity index (χ2n) is 6.72. The Kier molecular flexibility index (Phi) is 4.61. The molecule has 27 heavy (non-hydrogen) atoms. The first kappa shape index (κ1) is 17.9. The molecule has 1 aliphatic rings. The third-order valence-electron chi connectivity index (χ3n) is 4.73. The maximum absolute atomic E-state index is 10.9. The summed E-state index contributed by atoms with van der Waals surface area (Å²) in [5, 5.41) is 12.5. The standard InChI is InChI=1S/C19H18N4O2S2/c1-19(7-8-26-18(20)22-19)13-4-2-3-12(9-13)10-17-21-15-11-14(23(24)25)5-6-16(15)27-17/h2-6,9,11H,7-8,10H2,1H3,(H2,20,22). The first-order valence-corrected chi connectivity index (χ1v) is 10.3. The minimum Gasteiger partial charge on any atom is -0.379 e. The lowest BCUT2D eigenvalue weighted by atomic mass is 9.88. The summed E-state index contributed by atoms with van der Waals surface area (Å²) < 4.78 is 0.959. The van der Waals surface area contributed by atoms with Crippen molar-refractivity contribution in [3.05, 3.63) is 68.7 Å². The molecule has 0 aliphatic carbocycles. The number of nitro groups is 1. The molecule has 0 fully saturated rings. The lowest BCUT2D eigenvalue weighted by Gasteiger charge is -2.30. The molecule has 6 nitrogen and oxygen atoms in total. The van der Waals surface area contributed by atoms with Gasteiger partial charge in [0, 0.05) is 24.3 Å². The van der Waals surface area contributed by atoms with Gasteiger partial charge in [0.2, 0.25) is 0 Å². The van der Waals surface area contributed by atoms with Crippen molar-refractivity contribution in [1.82, 2.24) is 4.98 Å². The molecule has 0 amide bonds. The van der Waals surface area contributed by atoms with Crippen LogP contribution in [0.2, 0.25) is 0 Å². The second kappa shape index (κ2) is 6.94. The summed E-state index contributed by atoms with van der Waals surface area (Å²) in [5.41, 5.74) is 8.69. The molecule has 8 heteroatoms. The number of rotatable bonds is 4. The van der Waals surface area contributed by atoms with Crippen LogP contribution < -0.4 is 5.73 Å². The molecule has 1 unspecified atom stereocenters. The summed E-state index contributed by atoms with van der Waals surface area (Å²) >= 11 is 3.17. The Morgan fingerprint density at radius 2 is 2.15 bits per heavy atom. The zero-order valence-corrected chi connectivity index (χ0v) is 16.3. The minimum atomic E-state index is -0.392. The van der Waals surface area contributed by atoms with Crippen molar-refractivity contribution in [3.63, 3.8) is 0 Å². The maximum Gasteiger partial charge on any atom is 0.271 e. The van der Waals surface area contributed by atoms with Crippen molar-refractivity contribution < 1.29 is 4.92 Å². The Morgan fingerprint density at radius 1 is 1.30 bits per heavy atom. The Labute approximate surface area is 164 Å². The topological polar surface area (TPSA) is 94.4 Å². The first-order chi connectivity index (χ1) is 12.9. The lowest BCUT2D eigenvalue weighted by molar-refractivity contribution is -0.384. The predicted molar refractivity (Wildman–Crippen MR) is 112 cm³/mol. The fourth-order valence-corrected chi connectivity index (χ4v) is 5.19. The summed E-state index contributed by atoms with van der Waals surface area (Å²) in [4.78, 5) is 19.8. The van der Waals surface area contributed by atoms with Gasteiger partial charge < -0.3 is 5.73 Å². The fourth-order valence-electron chi connectivity index (χ4n) is 3.24. The number of amidine groups is 1. The molecule has 0 bridgehead atoms. The van der Waals surface area contributed by atoms with E-state index in [0.29, 0.717) is 17.1 Å². The number of non-ortho nitro benzene ring substituents is 1. The third kappa shape index (κ3) is 3.68. The van der Waals surface area contributed by atoms with Crippen LogP contribution in [0.25, 0.3) is 10.2 Å². The molecule has 2 heterocycles. The van der Waals surface area contributed by atoms with Gasteiger partial charge in [-0.3, -0.25) is 15.1 Å². The fraction of sp³-hybridized carbons (Fsp3) is 0.263. The van der Waals surface area contributed by atoms with Crippen LogP contribution in [-0.4, -0.2) is 20.8 Å². The molecule has 0 spiro atoms. The SMILES string of the molecule is CC1(c2cccc(Cc3nc4cc([N+](=O)[O-])ccc4s3)c2)CCSC(N)=N1. The molecule has 0 saturated carbocycles. The van der Waals surface area contributed by atoms with Gasteiger partial charge in [-0.05, 0) is 30.5 Å². The van der Waals surface area contributed by atoms with Crippen molar-refractivity contribution >= 4 is 44.2 Å². The highest BCUT2D eigenvalue weighted by molar-refractivity contribution is 8.13. The van der Waals surface area contributed by atoms with E-state index in [9.17, 15) is 10.1 Å². The average molecular weight is 399 g/mol. The zero-order valence-electron chi connectivity index (χ0n) is 14.7. The molecule has 3 aromatic rings. The second-order valence-corrected chi connectivity index (χ2v) is 8.95. The summed E-state index contributed by atoms with van der Waals surface area (Å²) in [5.74, 6) is 0.965. The van der Waals surface area contributed by atoms with Crippen LogP contribution in [0.3, 0.4) is 0 Å². The molecule has 4 rings (SSSR count). The molecular weight excluding hydrogens is 380 g/mol. The van der Waals surface area contributed by atoms with Crippen molar-refractivity contribution in [1.29, 1.82) is 0 Å². The number of thioether (sulfide) groups is 1. The number of thiazole rings is 1. The number of nitro benzene ring substituents is 1. The summed E-state index contributed by atoms with van der Waals surface area (Å²) in [6.07, 6.45) is 1.64. The molecule has 1 atom stereocenters. The van der Waals surface area contributed by atoms with Gasteiger partial charge in [-0.15, -0.1) is 11.3 Å². The highest BCUT2D eigenvalue weighted by atomic mass is 32.2. The van der Waals surface area contributed by atoms with Crippen LogP contribution in [0.5, 0.6) is 0 Å². The third-order valence-corrected chi connectivity index (χ3v) is 6.56. The highest BCUT2D eigenvalue weighted by Gasteiger charge is 2.29. The number of benzene rings is 2. The maximum atomic E-state index is 10.9. The molecule has 1 aromatic heterocycles. The zero-order chi connectivity index (χ0) is 19.0. The van der Waals surface area contributed by atoms with Crippen molar-refractivity contribution in [2.45, 2.75) is 25.3 Å². The van der Waals surface area contributed by atoms with E-state index in [1.807, 2.05) is 6.07 Å². The number of aliphatic imine (C=N–C) groups is 1. The van der Waals surface area contributed by atoms with Crippen molar-refractivity contribution in [3.8, 4) is 0 Å². The number of hydrogen-bond donors (Lipinski definition) is 1. The monoisotopic (exact) mass is 398 g/mol. The Bertz CT molecular complexity index is 1060. The molecule has 2 N–H and O–H groups in total. The van der Waals surface area contributed by atoms with Crippen LogP contribution in [0.1, 0.15) is 29.5 Å². The van der Waals surface area contributed by atoms with Gasteiger partial charge in [-0.1, -0.05) is 36.0 Å². The Hall–Kier alpha value is -2.45. The summed E-state index contributed by atoms with van der Waals surface area (Å²) in [7, 11) is 0. The Balaban J connectivity index is 1.63.